The summed E-state index contributed by atoms with van der Waals surface area (Å²) in [5, 5.41) is 9.86. The quantitative estimate of drug-likeness (QED) is 0.877. The third-order valence-electron chi connectivity index (χ3n) is 4.95. The first kappa shape index (κ1) is 15.9. The van der Waals surface area contributed by atoms with Gasteiger partial charge >= 0.3 is 0 Å². The minimum Gasteiger partial charge on any atom is -0.340 e. The normalized spacial score (nSPS) is 20.6. The van der Waals surface area contributed by atoms with E-state index in [-0.39, 0.29) is 11.8 Å². The van der Waals surface area contributed by atoms with Gasteiger partial charge in [-0.15, -0.1) is 0 Å². The summed E-state index contributed by atoms with van der Waals surface area (Å²) < 4.78 is 0. The zero-order valence-corrected chi connectivity index (χ0v) is 14.1. The molecule has 2 amide bonds. The van der Waals surface area contributed by atoms with Crippen LogP contribution in [0.2, 0.25) is 0 Å². The first-order chi connectivity index (χ1) is 12.2. The number of nitrogens with one attached hydrogen (secondary N) is 2. The maximum absolute atomic E-state index is 12.8. The van der Waals surface area contributed by atoms with Crippen molar-refractivity contribution in [2.75, 3.05) is 6.54 Å². The van der Waals surface area contributed by atoms with E-state index in [4.69, 9.17) is 0 Å². The Kier molecular flexibility index (Phi) is 4.26. The van der Waals surface area contributed by atoms with Crippen LogP contribution in [-0.4, -0.2) is 39.5 Å². The Bertz CT molecular complexity index is 767. The molecule has 1 aromatic heterocycles. The van der Waals surface area contributed by atoms with Gasteiger partial charge in [-0.05, 0) is 31.2 Å². The van der Waals surface area contributed by atoms with E-state index in [9.17, 15) is 9.59 Å². The van der Waals surface area contributed by atoms with E-state index < -0.39 is 6.04 Å². The maximum Gasteiger partial charge on any atom is 0.255 e. The summed E-state index contributed by atoms with van der Waals surface area (Å²) in [7, 11) is 0. The predicted octanol–water partition coefficient (Wildman–Crippen LogP) is 2.21. The molecule has 2 fully saturated rings. The Morgan fingerprint density at radius 1 is 1.24 bits per heavy atom. The Balaban J connectivity index is 1.42. The molecule has 1 saturated heterocycles. The summed E-state index contributed by atoms with van der Waals surface area (Å²) >= 11 is 0. The number of aromatic nitrogens is 2. The second kappa shape index (κ2) is 6.70. The molecular formula is C19H22N4O2. The Labute approximate surface area is 146 Å². The van der Waals surface area contributed by atoms with E-state index in [1.54, 1.807) is 6.20 Å². The van der Waals surface area contributed by atoms with Crippen molar-refractivity contribution in [3.05, 3.63) is 53.3 Å². The molecule has 1 atom stereocenters. The summed E-state index contributed by atoms with van der Waals surface area (Å²) in [6.45, 7) is 1.32. The van der Waals surface area contributed by atoms with Crippen LogP contribution in [0.15, 0.2) is 36.5 Å². The fourth-order valence-corrected chi connectivity index (χ4v) is 3.43. The third-order valence-corrected chi connectivity index (χ3v) is 4.95. The van der Waals surface area contributed by atoms with Crippen molar-refractivity contribution < 1.29 is 9.59 Å². The van der Waals surface area contributed by atoms with E-state index in [1.807, 2.05) is 35.2 Å². The molecule has 6 heteroatoms. The van der Waals surface area contributed by atoms with E-state index in [0.717, 1.165) is 37.1 Å². The minimum absolute atomic E-state index is 0.0000742. The van der Waals surface area contributed by atoms with Gasteiger partial charge in [0.15, 0.2) is 0 Å². The van der Waals surface area contributed by atoms with Crippen LogP contribution in [0.1, 0.15) is 53.2 Å². The van der Waals surface area contributed by atoms with Crippen molar-refractivity contribution in [1.82, 2.24) is 20.4 Å². The molecule has 1 saturated carbocycles. The van der Waals surface area contributed by atoms with E-state index in [1.165, 1.54) is 0 Å². The van der Waals surface area contributed by atoms with Gasteiger partial charge in [-0.25, -0.2) is 0 Å². The molecule has 0 radical (unpaired) electrons. The number of H-pyrrole nitrogens is 1. The lowest BCUT2D eigenvalue weighted by atomic mass is 10.0. The largest absolute Gasteiger partial charge is 0.340 e. The Morgan fingerprint density at radius 2 is 2.04 bits per heavy atom. The molecule has 1 aliphatic heterocycles. The Morgan fingerprint density at radius 3 is 2.80 bits per heavy atom. The molecule has 1 unspecified atom stereocenters. The number of amides is 2. The average Bonchev–Trinajstić information content (AvgIpc) is 3.35. The van der Waals surface area contributed by atoms with Gasteiger partial charge in [0.1, 0.15) is 6.04 Å². The number of carbonyl (C=O) groups is 2. The number of nitrogens with zero attached hydrogens (tertiary/aromatic N) is 2. The highest BCUT2D eigenvalue weighted by atomic mass is 16.2. The number of aromatic amines is 1. The molecule has 1 aliphatic carbocycles. The Hall–Kier alpha value is -2.63. The van der Waals surface area contributed by atoms with Crippen LogP contribution >= 0.6 is 0 Å². The molecule has 1 aromatic carbocycles. The van der Waals surface area contributed by atoms with E-state index in [2.05, 4.69) is 15.5 Å². The van der Waals surface area contributed by atoms with Crippen molar-refractivity contribution in [2.45, 2.75) is 44.2 Å². The second-order valence-corrected chi connectivity index (χ2v) is 6.89. The maximum atomic E-state index is 12.8. The van der Waals surface area contributed by atoms with Crippen molar-refractivity contribution in [3.63, 3.8) is 0 Å². The fourth-order valence-electron chi connectivity index (χ4n) is 3.43. The smallest absolute Gasteiger partial charge is 0.255 e. The standard InChI is InChI=1S/C19H22N4O2/c24-18(15-11-20-22-17(15)14-8-9-14)21-16-7-4-10-23(19(16)25)12-13-5-2-1-3-6-13/h1-3,5-6,11,14,16H,4,7-10,12H2,(H,20,22)(H,21,24). The molecule has 4 rings (SSSR count). The highest BCUT2D eigenvalue weighted by Gasteiger charge is 2.33. The van der Waals surface area contributed by atoms with Gasteiger partial charge in [-0.2, -0.15) is 5.10 Å². The van der Waals surface area contributed by atoms with Crippen LogP contribution in [0.5, 0.6) is 0 Å². The number of piperidine rings is 1. The van der Waals surface area contributed by atoms with Crippen LogP contribution in [0.4, 0.5) is 0 Å². The lowest BCUT2D eigenvalue weighted by Gasteiger charge is -2.32. The number of hydrogen-bond donors (Lipinski definition) is 2. The van der Waals surface area contributed by atoms with Crippen LogP contribution in [0.25, 0.3) is 0 Å². The van der Waals surface area contributed by atoms with E-state index >= 15 is 0 Å². The summed E-state index contributed by atoms with van der Waals surface area (Å²) in [5.41, 5.74) is 2.59. The van der Waals surface area contributed by atoms with Gasteiger partial charge in [0.05, 0.1) is 17.5 Å². The molecule has 25 heavy (non-hydrogen) atoms. The molecular weight excluding hydrogens is 316 g/mol. The lowest BCUT2D eigenvalue weighted by Crippen LogP contribution is -2.51. The fraction of sp³-hybridized carbons (Fsp3) is 0.421. The summed E-state index contributed by atoms with van der Waals surface area (Å²) in [4.78, 5) is 27.2. The second-order valence-electron chi connectivity index (χ2n) is 6.89. The van der Waals surface area contributed by atoms with Gasteiger partial charge in [-0.3, -0.25) is 14.7 Å². The van der Waals surface area contributed by atoms with Gasteiger partial charge < -0.3 is 10.2 Å². The van der Waals surface area contributed by atoms with E-state index in [0.29, 0.717) is 24.4 Å². The summed E-state index contributed by atoms with van der Waals surface area (Å²) in [6.07, 6.45) is 5.33. The first-order valence-corrected chi connectivity index (χ1v) is 8.89. The van der Waals surface area contributed by atoms with Crippen LogP contribution in [-0.2, 0) is 11.3 Å². The number of carbonyl (C=O) groups excluding carboxylic acids is 2. The van der Waals surface area contributed by atoms with Crippen molar-refractivity contribution in [1.29, 1.82) is 0 Å². The monoisotopic (exact) mass is 338 g/mol. The molecule has 130 valence electrons. The van der Waals surface area contributed by atoms with Crippen molar-refractivity contribution in [3.8, 4) is 0 Å². The van der Waals surface area contributed by atoms with Gasteiger partial charge in [0.2, 0.25) is 5.91 Å². The average molecular weight is 338 g/mol. The SMILES string of the molecule is O=C(NC1CCCN(Cc2ccccc2)C1=O)c1cn[nH]c1C1CC1. The zero-order valence-electron chi connectivity index (χ0n) is 14.1. The molecule has 6 nitrogen and oxygen atoms in total. The third kappa shape index (κ3) is 3.43. The highest BCUT2D eigenvalue weighted by Crippen LogP contribution is 2.40. The number of rotatable bonds is 5. The predicted molar refractivity (Wildman–Crippen MR) is 92.9 cm³/mol. The minimum atomic E-state index is -0.452. The van der Waals surface area contributed by atoms with Crippen LogP contribution < -0.4 is 5.32 Å². The number of benzene rings is 1. The molecule has 2 aliphatic rings. The number of hydrogen-bond acceptors (Lipinski definition) is 3. The molecule has 2 heterocycles. The van der Waals surface area contributed by atoms with Gasteiger partial charge in [0, 0.05) is 19.0 Å². The summed E-state index contributed by atoms with van der Waals surface area (Å²) in [6, 6.07) is 9.49. The highest BCUT2D eigenvalue weighted by molar-refractivity contribution is 5.98. The molecule has 2 aromatic rings. The zero-order chi connectivity index (χ0) is 17.2. The van der Waals surface area contributed by atoms with Crippen LogP contribution in [0.3, 0.4) is 0 Å². The molecule has 2 N–H and O–H groups in total. The van der Waals surface area contributed by atoms with Crippen LogP contribution in [0, 0.1) is 0 Å². The van der Waals surface area contributed by atoms with Gasteiger partial charge in [0.25, 0.3) is 5.91 Å². The first-order valence-electron chi connectivity index (χ1n) is 8.89. The molecule has 0 spiro atoms. The summed E-state index contributed by atoms with van der Waals surface area (Å²) in [5.74, 6) is 0.218. The number of likely N-dealkylation sites (tertiary alicyclic amines) is 1. The van der Waals surface area contributed by atoms with Crippen molar-refractivity contribution in [2.24, 2.45) is 0 Å². The van der Waals surface area contributed by atoms with Gasteiger partial charge in [-0.1, -0.05) is 30.3 Å². The lowest BCUT2D eigenvalue weighted by molar-refractivity contribution is -0.136. The topological polar surface area (TPSA) is 78.1 Å². The molecule has 0 bridgehead atoms. The van der Waals surface area contributed by atoms with Crippen molar-refractivity contribution >= 4 is 11.8 Å².